The lowest BCUT2D eigenvalue weighted by atomic mass is 9.93. The van der Waals surface area contributed by atoms with E-state index in [-0.39, 0.29) is 17.5 Å². The molecule has 1 aromatic carbocycles. The number of guanidine groups is 1. The molecule has 130 valence electrons. The molecule has 0 aliphatic heterocycles. The topological polar surface area (TPSA) is 49.3 Å². The number of thiazole rings is 1. The lowest BCUT2D eigenvalue weighted by Crippen LogP contribution is -2.36. The van der Waals surface area contributed by atoms with Gasteiger partial charge in [-0.2, -0.15) is 0 Å². The van der Waals surface area contributed by atoms with Gasteiger partial charge < -0.3 is 10.6 Å². The standard InChI is InChI=1S/C17H22F2N4S/c1-17(2,3)14-10-24-15(23-14)9-22-16(20-4)21-8-11-7-12(18)5-6-13(11)19/h5-7,10H,8-9H2,1-4H3,(H2,20,21,22). The molecule has 4 nitrogen and oxygen atoms in total. The highest BCUT2D eigenvalue weighted by Gasteiger charge is 2.17. The van der Waals surface area contributed by atoms with Crippen LogP contribution in [0, 0.1) is 11.6 Å². The molecule has 1 aromatic heterocycles. The minimum atomic E-state index is -0.464. The molecular weight excluding hydrogens is 330 g/mol. The van der Waals surface area contributed by atoms with Gasteiger partial charge in [0.15, 0.2) is 5.96 Å². The van der Waals surface area contributed by atoms with E-state index in [1.807, 2.05) is 0 Å². The average molecular weight is 352 g/mol. The van der Waals surface area contributed by atoms with Crippen LogP contribution in [-0.4, -0.2) is 18.0 Å². The van der Waals surface area contributed by atoms with Gasteiger partial charge in [-0.1, -0.05) is 20.8 Å². The van der Waals surface area contributed by atoms with Crippen molar-refractivity contribution < 1.29 is 8.78 Å². The first-order valence-corrected chi connectivity index (χ1v) is 8.51. The lowest BCUT2D eigenvalue weighted by Gasteiger charge is -2.14. The Hall–Kier alpha value is -2.02. The quantitative estimate of drug-likeness (QED) is 0.653. The monoisotopic (exact) mass is 352 g/mol. The zero-order chi connectivity index (χ0) is 17.7. The van der Waals surface area contributed by atoms with E-state index in [1.165, 1.54) is 6.07 Å². The zero-order valence-corrected chi connectivity index (χ0v) is 15.1. The molecule has 0 aliphatic carbocycles. The van der Waals surface area contributed by atoms with E-state index >= 15 is 0 Å². The molecule has 0 radical (unpaired) electrons. The molecule has 0 saturated carbocycles. The van der Waals surface area contributed by atoms with Crippen LogP contribution in [0.3, 0.4) is 0 Å². The third-order valence-corrected chi connectivity index (χ3v) is 4.25. The van der Waals surface area contributed by atoms with Crippen molar-refractivity contribution in [1.82, 2.24) is 15.6 Å². The van der Waals surface area contributed by atoms with Crippen molar-refractivity contribution in [1.29, 1.82) is 0 Å². The fraction of sp³-hybridized carbons (Fsp3) is 0.412. The Morgan fingerprint density at radius 2 is 1.92 bits per heavy atom. The molecule has 0 amide bonds. The summed E-state index contributed by atoms with van der Waals surface area (Å²) in [6.45, 7) is 7.02. The molecule has 24 heavy (non-hydrogen) atoms. The van der Waals surface area contributed by atoms with Gasteiger partial charge in [-0.25, -0.2) is 13.8 Å². The number of nitrogens with one attached hydrogen (secondary N) is 2. The third kappa shape index (κ3) is 4.99. The van der Waals surface area contributed by atoms with Crippen molar-refractivity contribution in [3.05, 3.63) is 51.5 Å². The number of aliphatic imine (C=N–C) groups is 1. The predicted octanol–water partition coefficient (Wildman–Crippen LogP) is 3.58. The minimum Gasteiger partial charge on any atom is -0.352 e. The van der Waals surface area contributed by atoms with Crippen molar-refractivity contribution in [3.63, 3.8) is 0 Å². The maximum Gasteiger partial charge on any atom is 0.191 e. The Labute approximate surface area is 145 Å². The largest absolute Gasteiger partial charge is 0.352 e. The first kappa shape index (κ1) is 18.3. The smallest absolute Gasteiger partial charge is 0.191 e. The molecule has 2 N–H and O–H groups in total. The number of rotatable bonds is 4. The summed E-state index contributed by atoms with van der Waals surface area (Å²) in [5.41, 5.74) is 1.32. The molecule has 0 atom stereocenters. The van der Waals surface area contributed by atoms with Gasteiger partial charge in [0.25, 0.3) is 0 Å². The van der Waals surface area contributed by atoms with E-state index in [0.717, 1.165) is 22.8 Å². The van der Waals surface area contributed by atoms with E-state index in [4.69, 9.17) is 0 Å². The number of hydrogen-bond donors (Lipinski definition) is 2. The molecule has 0 saturated heterocycles. The summed E-state index contributed by atoms with van der Waals surface area (Å²) in [6, 6.07) is 3.39. The van der Waals surface area contributed by atoms with Crippen molar-refractivity contribution in [3.8, 4) is 0 Å². The van der Waals surface area contributed by atoms with Gasteiger partial charge in [-0.15, -0.1) is 11.3 Å². The summed E-state index contributed by atoms with van der Waals surface area (Å²) >= 11 is 1.58. The summed E-state index contributed by atoms with van der Waals surface area (Å²) in [4.78, 5) is 8.68. The maximum atomic E-state index is 13.6. The Morgan fingerprint density at radius 1 is 1.21 bits per heavy atom. The molecular formula is C17H22F2N4S. The van der Waals surface area contributed by atoms with Gasteiger partial charge in [0.1, 0.15) is 16.6 Å². The van der Waals surface area contributed by atoms with Crippen LogP contribution in [0.25, 0.3) is 0 Å². The van der Waals surface area contributed by atoms with Crippen molar-refractivity contribution in [2.24, 2.45) is 4.99 Å². The number of aromatic nitrogens is 1. The van der Waals surface area contributed by atoms with Crippen LogP contribution in [0.1, 0.15) is 37.0 Å². The Kier molecular flexibility index (Phi) is 5.88. The highest BCUT2D eigenvalue weighted by Crippen LogP contribution is 2.23. The first-order valence-electron chi connectivity index (χ1n) is 7.63. The van der Waals surface area contributed by atoms with Crippen LogP contribution in [0.4, 0.5) is 8.78 Å². The Bertz CT molecular complexity index is 720. The lowest BCUT2D eigenvalue weighted by molar-refractivity contribution is 0.570. The van der Waals surface area contributed by atoms with Gasteiger partial charge in [0.2, 0.25) is 0 Å². The van der Waals surface area contributed by atoms with Crippen LogP contribution in [0.15, 0.2) is 28.6 Å². The van der Waals surface area contributed by atoms with E-state index in [1.54, 1.807) is 18.4 Å². The minimum absolute atomic E-state index is 0.0174. The molecule has 2 rings (SSSR count). The van der Waals surface area contributed by atoms with E-state index in [2.05, 4.69) is 46.8 Å². The van der Waals surface area contributed by atoms with Crippen LogP contribution < -0.4 is 10.6 Å². The summed E-state index contributed by atoms with van der Waals surface area (Å²) in [7, 11) is 1.62. The summed E-state index contributed by atoms with van der Waals surface area (Å²) < 4.78 is 26.8. The second-order valence-electron chi connectivity index (χ2n) is 6.39. The number of benzene rings is 1. The molecule has 7 heteroatoms. The SMILES string of the molecule is CN=C(NCc1nc(C(C)(C)C)cs1)NCc1cc(F)ccc1F. The van der Waals surface area contributed by atoms with Gasteiger partial charge in [0, 0.05) is 30.0 Å². The zero-order valence-electron chi connectivity index (χ0n) is 14.3. The Balaban J connectivity index is 1.91. The van der Waals surface area contributed by atoms with Crippen LogP contribution in [0.5, 0.6) is 0 Å². The van der Waals surface area contributed by atoms with Gasteiger partial charge >= 0.3 is 0 Å². The summed E-state index contributed by atoms with van der Waals surface area (Å²) in [5.74, 6) is -0.408. The summed E-state index contributed by atoms with van der Waals surface area (Å²) in [6.07, 6.45) is 0. The van der Waals surface area contributed by atoms with Crippen molar-refractivity contribution in [2.75, 3.05) is 7.05 Å². The fourth-order valence-corrected chi connectivity index (χ4v) is 2.93. The third-order valence-electron chi connectivity index (χ3n) is 3.40. The van der Waals surface area contributed by atoms with E-state index < -0.39 is 11.6 Å². The normalized spacial score (nSPS) is 12.3. The molecule has 0 unspecified atom stereocenters. The maximum absolute atomic E-state index is 13.6. The molecule has 0 spiro atoms. The number of hydrogen-bond acceptors (Lipinski definition) is 3. The first-order chi connectivity index (χ1) is 11.3. The average Bonchev–Trinajstić information content (AvgIpc) is 3.00. The Morgan fingerprint density at radius 3 is 2.54 bits per heavy atom. The van der Waals surface area contributed by atoms with Crippen LogP contribution >= 0.6 is 11.3 Å². The van der Waals surface area contributed by atoms with Gasteiger partial charge in [-0.3, -0.25) is 4.99 Å². The highest BCUT2D eigenvalue weighted by molar-refractivity contribution is 7.09. The molecule has 0 aliphatic rings. The predicted molar refractivity (Wildman–Crippen MR) is 94.2 cm³/mol. The molecule has 0 fully saturated rings. The molecule has 0 bridgehead atoms. The summed E-state index contributed by atoms with van der Waals surface area (Å²) in [5, 5.41) is 9.09. The van der Waals surface area contributed by atoms with Crippen molar-refractivity contribution in [2.45, 2.75) is 39.3 Å². The van der Waals surface area contributed by atoms with E-state index in [0.29, 0.717) is 12.5 Å². The van der Waals surface area contributed by atoms with Crippen LogP contribution in [0.2, 0.25) is 0 Å². The second kappa shape index (κ2) is 7.70. The fourth-order valence-electron chi connectivity index (χ4n) is 1.97. The highest BCUT2D eigenvalue weighted by atomic mass is 32.1. The molecule has 1 heterocycles. The van der Waals surface area contributed by atoms with Crippen LogP contribution in [-0.2, 0) is 18.5 Å². The molecule has 2 aromatic rings. The van der Waals surface area contributed by atoms with E-state index in [9.17, 15) is 8.78 Å². The second-order valence-corrected chi connectivity index (χ2v) is 7.33. The van der Waals surface area contributed by atoms with Crippen molar-refractivity contribution >= 4 is 17.3 Å². The number of nitrogens with zero attached hydrogens (tertiary/aromatic N) is 2. The van der Waals surface area contributed by atoms with Gasteiger partial charge in [-0.05, 0) is 18.2 Å². The number of halogens is 2. The van der Waals surface area contributed by atoms with Gasteiger partial charge in [0.05, 0.1) is 12.2 Å².